The normalized spacial score (nSPS) is 20.3. The van der Waals surface area contributed by atoms with E-state index in [-0.39, 0.29) is 24.9 Å². The summed E-state index contributed by atoms with van der Waals surface area (Å²) in [6.07, 6.45) is 6.86. The van der Waals surface area contributed by atoms with Crippen LogP contribution in [0, 0.1) is 0 Å². The van der Waals surface area contributed by atoms with Crippen molar-refractivity contribution in [3.05, 3.63) is 54.6 Å². The van der Waals surface area contributed by atoms with Crippen LogP contribution in [0.15, 0.2) is 49.1 Å². The predicted octanol–water partition coefficient (Wildman–Crippen LogP) is 0.452. The van der Waals surface area contributed by atoms with Crippen LogP contribution in [0.1, 0.15) is 18.9 Å². The lowest BCUT2D eigenvalue weighted by Gasteiger charge is -2.46. The van der Waals surface area contributed by atoms with Crippen LogP contribution in [0.2, 0.25) is 0 Å². The molecular weight excluding hydrogens is 406 g/mol. The molecule has 9 nitrogen and oxygen atoms in total. The third kappa shape index (κ3) is 5.06. The molecule has 0 aliphatic carbocycles. The minimum absolute atomic E-state index is 0.0801. The highest BCUT2D eigenvalue weighted by Gasteiger charge is 2.49. The SMILES string of the molecule is CC1(C(=O)NCc2ccccc2)CN(S(C)(=O)=O)CC(=O)N1CCCn1ccnc1. The van der Waals surface area contributed by atoms with Crippen LogP contribution in [0.25, 0.3) is 0 Å². The van der Waals surface area contributed by atoms with Crippen molar-refractivity contribution in [2.45, 2.75) is 32.0 Å². The molecule has 1 aliphatic heterocycles. The van der Waals surface area contributed by atoms with E-state index >= 15 is 0 Å². The van der Waals surface area contributed by atoms with Gasteiger partial charge in [0.1, 0.15) is 5.54 Å². The third-order valence-corrected chi connectivity index (χ3v) is 6.50. The number of aromatic nitrogens is 2. The maximum absolute atomic E-state index is 13.2. The standard InChI is InChI=1S/C20H27N5O4S/c1-20(19(27)22-13-17-7-4-3-5-8-17)15-24(30(2,28)29)14-18(26)25(20)11-6-10-23-12-9-21-16-23/h3-5,7-9,12,16H,6,10-11,13-15H2,1-2H3,(H,22,27). The minimum Gasteiger partial charge on any atom is -0.350 e. The molecule has 1 unspecified atom stereocenters. The van der Waals surface area contributed by atoms with Gasteiger partial charge in [-0.25, -0.2) is 13.4 Å². The topological polar surface area (TPSA) is 105 Å². The molecule has 2 heterocycles. The molecular formula is C20H27N5O4S. The Kier molecular flexibility index (Phi) is 6.57. The lowest BCUT2D eigenvalue weighted by Crippen LogP contribution is -2.69. The summed E-state index contributed by atoms with van der Waals surface area (Å²) < 4.78 is 27.2. The van der Waals surface area contributed by atoms with E-state index in [1.54, 1.807) is 19.4 Å². The van der Waals surface area contributed by atoms with Crippen LogP contribution in [0.5, 0.6) is 0 Å². The minimum atomic E-state index is -3.62. The summed E-state index contributed by atoms with van der Waals surface area (Å²) in [4.78, 5) is 31.5. The fourth-order valence-electron chi connectivity index (χ4n) is 3.60. The molecule has 0 radical (unpaired) electrons. The smallest absolute Gasteiger partial charge is 0.247 e. The maximum Gasteiger partial charge on any atom is 0.247 e. The summed E-state index contributed by atoms with van der Waals surface area (Å²) in [7, 11) is -3.62. The summed E-state index contributed by atoms with van der Waals surface area (Å²) >= 11 is 0. The lowest BCUT2D eigenvalue weighted by atomic mass is 9.95. The fourth-order valence-corrected chi connectivity index (χ4v) is 4.43. The molecule has 1 fully saturated rings. The van der Waals surface area contributed by atoms with E-state index in [0.29, 0.717) is 26.1 Å². The van der Waals surface area contributed by atoms with E-state index in [4.69, 9.17) is 0 Å². The molecule has 0 saturated carbocycles. The van der Waals surface area contributed by atoms with Crippen LogP contribution in [0.3, 0.4) is 0 Å². The Morgan fingerprint density at radius 1 is 1.23 bits per heavy atom. The summed E-state index contributed by atoms with van der Waals surface area (Å²) in [5.74, 6) is -0.759. The molecule has 1 saturated heterocycles. The first-order valence-electron chi connectivity index (χ1n) is 9.74. The summed E-state index contributed by atoms with van der Waals surface area (Å²) in [5.41, 5.74) is -0.384. The van der Waals surface area contributed by atoms with Gasteiger partial charge in [-0.3, -0.25) is 9.59 Å². The van der Waals surface area contributed by atoms with Gasteiger partial charge in [-0.1, -0.05) is 30.3 Å². The fraction of sp³-hybridized carbons (Fsp3) is 0.450. The zero-order valence-corrected chi connectivity index (χ0v) is 18.0. The Bertz CT molecular complexity index is 978. The number of carbonyl (C=O) groups excluding carboxylic acids is 2. The average Bonchev–Trinajstić information content (AvgIpc) is 3.21. The molecule has 2 amide bonds. The highest BCUT2D eigenvalue weighted by atomic mass is 32.2. The second kappa shape index (κ2) is 8.97. The third-order valence-electron chi connectivity index (χ3n) is 5.30. The first-order chi connectivity index (χ1) is 14.2. The number of imidazole rings is 1. The van der Waals surface area contributed by atoms with Gasteiger partial charge in [-0.2, -0.15) is 4.31 Å². The molecule has 30 heavy (non-hydrogen) atoms. The number of hydrogen-bond acceptors (Lipinski definition) is 5. The van der Waals surface area contributed by atoms with Crippen molar-refractivity contribution < 1.29 is 18.0 Å². The van der Waals surface area contributed by atoms with Crippen molar-refractivity contribution >= 4 is 21.8 Å². The first kappa shape index (κ1) is 22.0. The number of benzene rings is 1. The number of piperazine rings is 1. The molecule has 1 aliphatic rings. The van der Waals surface area contributed by atoms with Crippen molar-refractivity contribution in [2.24, 2.45) is 0 Å². The van der Waals surface area contributed by atoms with Crippen LogP contribution < -0.4 is 5.32 Å². The van der Waals surface area contributed by atoms with Crippen molar-refractivity contribution in [3.8, 4) is 0 Å². The Hall–Kier alpha value is -2.72. The van der Waals surface area contributed by atoms with E-state index in [1.807, 2.05) is 41.1 Å². The van der Waals surface area contributed by atoms with Gasteiger partial charge in [-0.15, -0.1) is 0 Å². The number of nitrogens with one attached hydrogen (secondary N) is 1. The monoisotopic (exact) mass is 433 g/mol. The van der Waals surface area contributed by atoms with Gasteiger partial charge < -0.3 is 14.8 Å². The highest BCUT2D eigenvalue weighted by molar-refractivity contribution is 7.88. The van der Waals surface area contributed by atoms with E-state index in [2.05, 4.69) is 10.3 Å². The number of nitrogens with zero attached hydrogens (tertiary/aromatic N) is 4. The van der Waals surface area contributed by atoms with Crippen LogP contribution in [-0.4, -0.2) is 70.4 Å². The van der Waals surface area contributed by atoms with Gasteiger partial charge in [0.05, 0.1) is 19.1 Å². The highest BCUT2D eigenvalue weighted by Crippen LogP contribution is 2.25. The van der Waals surface area contributed by atoms with Gasteiger partial charge in [0.25, 0.3) is 0 Å². The molecule has 1 aromatic carbocycles. The van der Waals surface area contributed by atoms with Gasteiger partial charge >= 0.3 is 0 Å². The number of aryl methyl sites for hydroxylation is 1. The summed E-state index contributed by atoms with van der Waals surface area (Å²) in [5, 5.41) is 2.87. The van der Waals surface area contributed by atoms with Crippen LogP contribution in [0.4, 0.5) is 0 Å². The van der Waals surface area contributed by atoms with Crippen LogP contribution in [-0.2, 0) is 32.7 Å². The predicted molar refractivity (Wildman–Crippen MR) is 112 cm³/mol. The van der Waals surface area contributed by atoms with E-state index in [9.17, 15) is 18.0 Å². The average molecular weight is 434 g/mol. The van der Waals surface area contributed by atoms with Gasteiger partial charge in [0.2, 0.25) is 21.8 Å². The molecule has 1 N–H and O–H groups in total. The van der Waals surface area contributed by atoms with Gasteiger partial charge in [0.15, 0.2) is 0 Å². The van der Waals surface area contributed by atoms with Crippen LogP contribution >= 0.6 is 0 Å². The molecule has 3 rings (SSSR count). The van der Waals surface area contributed by atoms with E-state index < -0.39 is 15.6 Å². The Morgan fingerprint density at radius 2 is 1.97 bits per heavy atom. The number of sulfonamides is 1. The van der Waals surface area contributed by atoms with Gasteiger partial charge in [0, 0.05) is 38.6 Å². The van der Waals surface area contributed by atoms with Crippen molar-refractivity contribution in [1.82, 2.24) is 24.1 Å². The lowest BCUT2D eigenvalue weighted by molar-refractivity contribution is -0.152. The van der Waals surface area contributed by atoms with E-state index in [1.165, 1.54) is 4.90 Å². The van der Waals surface area contributed by atoms with Crippen molar-refractivity contribution in [3.63, 3.8) is 0 Å². The van der Waals surface area contributed by atoms with Gasteiger partial charge in [-0.05, 0) is 18.9 Å². The maximum atomic E-state index is 13.2. The second-order valence-electron chi connectivity index (χ2n) is 7.67. The summed E-state index contributed by atoms with van der Waals surface area (Å²) in [6.45, 7) is 2.56. The quantitative estimate of drug-likeness (QED) is 0.651. The molecule has 1 aromatic heterocycles. The Balaban J connectivity index is 1.76. The Labute approximate surface area is 176 Å². The Morgan fingerprint density at radius 3 is 2.60 bits per heavy atom. The molecule has 162 valence electrons. The number of amides is 2. The molecule has 10 heteroatoms. The van der Waals surface area contributed by atoms with Crippen molar-refractivity contribution in [2.75, 3.05) is 25.9 Å². The van der Waals surface area contributed by atoms with Crippen molar-refractivity contribution in [1.29, 1.82) is 0 Å². The number of carbonyl (C=O) groups is 2. The first-order valence-corrected chi connectivity index (χ1v) is 11.6. The molecule has 0 spiro atoms. The summed E-state index contributed by atoms with van der Waals surface area (Å²) in [6, 6.07) is 9.42. The zero-order valence-electron chi connectivity index (χ0n) is 17.2. The zero-order chi connectivity index (χ0) is 21.8. The molecule has 1 atom stereocenters. The van der Waals surface area contributed by atoms with E-state index in [0.717, 1.165) is 16.1 Å². The number of rotatable bonds is 8. The molecule has 0 bridgehead atoms. The largest absolute Gasteiger partial charge is 0.350 e. The second-order valence-corrected chi connectivity index (χ2v) is 9.66. The number of hydrogen-bond donors (Lipinski definition) is 1. The molecule has 2 aromatic rings.